The van der Waals surface area contributed by atoms with Gasteiger partial charge in [-0.25, -0.2) is 4.98 Å². The number of rotatable bonds is 1. The van der Waals surface area contributed by atoms with E-state index in [1.54, 1.807) is 6.20 Å². The summed E-state index contributed by atoms with van der Waals surface area (Å²) in [5, 5.41) is 9.53. The third kappa shape index (κ3) is 1.34. The normalized spacial score (nSPS) is 10.0. The number of nitrogens with zero attached hydrogens (tertiary/aromatic N) is 3. The Morgan fingerprint density at radius 3 is 2.93 bits per heavy atom. The van der Waals surface area contributed by atoms with Gasteiger partial charge in [-0.2, -0.15) is 10.2 Å². The van der Waals surface area contributed by atoms with Gasteiger partial charge in [0.05, 0.1) is 11.2 Å². The Bertz CT molecular complexity index is 508. The fourth-order valence-corrected chi connectivity index (χ4v) is 1.68. The van der Waals surface area contributed by atoms with Crippen LogP contribution >= 0.6 is 11.3 Å². The Labute approximate surface area is 83.8 Å². The van der Waals surface area contributed by atoms with Gasteiger partial charge in [-0.05, 0) is 6.92 Å². The van der Waals surface area contributed by atoms with E-state index in [-0.39, 0.29) is 11.6 Å². The van der Waals surface area contributed by atoms with Gasteiger partial charge in [0.25, 0.3) is 0 Å². The summed E-state index contributed by atoms with van der Waals surface area (Å²) in [6, 6.07) is 1.85. The molecule has 6 heteroatoms. The summed E-state index contributed by atoms with van der Waals surface area (Å²) in [4.78, 5) is 8.76. The fourth-order valence-electron chi connectivity index (χ4n) is 0.978. The van der Waals surface area contributed by atoms with Gasteiger partial charge in [-0.3, -0.25) is 0 Å². The van der Waals surface area contributed by atoms with Gasteiger partial charge >= 0.3 is 0 Å². The molecule has 2 rings (SSSR count). The molecule has 0 bridgehead atoms. The SMILES string of the molecule is Cc1ncc(-c2nc(C#N)c(N)o2)s1. The Hall–Kier alpha value is -1.87. The average molecular weight is 206 g/mol. The molecule has 0 aliphatic rings. The molecule has 0 saturated carbocycles. The number of nitrogens with two attached hydrogens (primary N) is 1. The summed E-state index contributed by atoms with van der Waals surface area (Å²) in [6.07, 6.45) is 1.65. The van der Waals surface area contributed by atoms with Crippen LogP contribution in [0.25, 0.3) is 10.8 Å². The molecule has 0 fully saturated rings. The Balaban J connectivity index is 2.48. The minimum atomic E-state index is 0.0496. The summed E-state index contributed by atoms with van der Waals surface area (Å²) in [6.45, 7) is 1.88. The van der Waals surface area contributed by atoms with E-state index in [0.717, 1.165) is 9.88 Å². The van der Waals surface area contributed by atoms with Crippen molar-refractivity contribution in [1.29, 1.82) is 5.26 Å². The molecule has 2 aromatic rings. The van der Waals surface area contributed by atoms with E-state index in [9.17, 15) is 0 Å². The van der Waals surface area contributed by atoms with Gasteiger partial charge in [0.15, 0.2) is 0 Å². The monoisotopic (exact) mass is 206 g/mol. The summed E-state index contributed by atoms with van der Waals surface area (Å²) in [5.74, 6) is 0.401. The van der Waals surface area contributed by atoms with Gasteiger partial charge in [0, 0.05) is 0 Å². The van der Waals surface area contributed by atoms with E-state index in [1.165, 1.54) is 11.3 Å². The highest BCUT2D eigenvalue weighted by Gasteiger charge is 2.13. The molecule has 0 aromatic carbocycles. The zero-order valence-corrected chi connectivity index (χ0v) is 8.13. The van der Waals surface area contributed by atoms with Crippen LogP contribution in [0.3, 0.4) is 0 Å². The summed E-state index contributed by atoms with van der Waals surface area (Å²) >= 11 is 1.44. The highest BCUT2D eigenvalue weighted by molar-refractivity contribution is 7.14. The molecule has 70 valence electrons. The molecule has 0 saturated heterocycles. The molecule has 0 atom stereocenters. The molecular formula is C8H6N4OS. The third-order valence-corrected chi connectivity index (χ3v) is 2.49. The predicted octanol–water partition coefficient (Wildman–Crippen LogP) is 1.56. The number of aromatic nitrogens is 2. The Morgan fingerprint density at radius 1 is 1.64 bits per heavy atom. The van der Waals surface area contributed by atoms with Crippen LogP contribution < -0.4 is 5.73 Å². The maximum atomic E-state index is 8.62. The van der Waals surface area contributed by atoms with Crippen molar-refractivity contribution in [3.05, 3.63) is 16.9 Å². The van der Waals surface area contributed by atoms with E-state index in [4.69, 9.17) is 15.4 Å². The van der Waals surface area contributed by atoms with Gasteiger partial charge < -0.3 is 10.2 Å². The third-order valence-electron chi connectivity index (χ3n) is 1.59. The molecule has 0 radical (unpaired) electrons. The quantitative estimate of drug-likeness (QED) is 0.764. The van der Waals surface area contributed by atoms with Crippen LogP contribution in [-0.4, -0.2) is 9.97 Å². The van der Waals surface area contributed by atoms with Crippen LogP contribution in [0.2, 0.25) is 0 Å². The first-order valence-corrected chi connectivity index (χ1v) is 4.61. The summed E-state index contributed by atoms with van der Waals surface area (Å²) < 4.78 is 5.12. The minimum Gasteiger partial charge on any atom is -0.419 e. The van der Waals surface area contributed by atoms with Crippen LogP contribution in [0.5, 0.6) is 0 Å². The first-order chi connectivity index (χ1) is 6.70. The van der Waals surface area contributed by atoms with Gasteiger partial charge in [0.2, 0.25) is 17.5 Å². The number of hydrogen-bond donors (Lipinski definition) is 1. The lowest BCUT2D eigenvalue weighted by molar-refractivity contribution is 0.595. The lowest BCUT2D eigenvalue weighted by Gasteiger charge is -1.83. The second-order valence-corrected chi connectivity index (χ2v) is 3.82. The van der Waals surface area contributed by atoms with E-state index in [1.807, 2.05) is 13.0 Å². The molecule has 0 aliphatic heterocycles. The van der Waals surface area contributed by atoms with Crippen molar-refractivity contribution in [3.8, 4) is 16.8 Å². The van der Waals surface area contributed by atoms with Crippen LogP contribution in [0, 0.1) is 18.3 Å². The molecule has 2 heterocycles. The lowest BCUT2D eigenvalue weighted by Crippen LogP contribution is -1.83. The number of anilines is 1. The van der Waals surface area contributed by atoms with Crippen molar-refractivity contribution < 1.29 is 4.42 Å². The van der Waals surface area contributed by atoms with E-state index < -0.39 is 0 Å². The number of aryl methyl sites for hydroxylation is 1. The van der Waals surface area contributed by atoms with E-state index in [2.05, 4.69) is 9.97 Å². The van der Waals surface area contributed by atoms with Crippen molar-refractivity contribution >= 4 is 17.2 Å². The van der Waals surface area contributed by atoms with Crippen LogP contribution in [0.4, 0.5) is 5.88 Å². The van der Waals surface area contributed by atoms with E-state index >= 15 is 0 Å². The summed E-state index contributed by atoms with van der Waals surface area (Å²) in [5.41, 5.74) is 5.55. The number of nitrogen functional groups attached to an aromatic ring is 1. The standard InChI is InChI=1S/C8H6N4OS/c1-4-11-3-6(14-4)8-12-5(2-9)7(10)13-8/h3H,10H2,1H3. The topological polar surface area (TPSA) is 88.7 Å². The predicted molar refractivity (Wildman–Crippen MR) is 51.5 cm³/mol. The fraction of sp³-hybridized carbons (Fsp3) is 0.125. The lowest BCUT2D eigenvalue weighted by atomic mass is 10.5. The van der Waals surface area contributed by atoms with Gasteiger partial charge in [0.1, 0.15) is 10.9 Å². The zero-order valence-electron chi connectivity index (χ0n) is 7.31. The number of thiazole rings is 1. The maximum absolute atomic E-state index is 8.62. The van der Waals surface area contributed by atoms with Crippen molar-refractivity contribution in [3.63, 3.8) is 0 Å². The molecule has 2 N–H and O–H groups in total. The highest BCUT2D eigenvalue weighted by atomic mass is 32.1. The molecule has 0 aliphatic carbocycles. The Kier molecular flexibility index (Phi) is 1.94. The second kappa shape index (κ2) is 3.12. The number of nitriles is 1. The second-order valence-electron chi connectivity index (χ2n) is 2.59. The largest absolute Gasteiger partial charge is 0.419 e. The highest BCUT2D eigenvalue weighted by Crippen LogP contribution is 2.27. The maximum Gasteiger partial charge on any atom is 0.241 e. The van der Waals surface area contributed by atoms with Crippen molar-refractivity contribution in [2.45, 2.75) is 6.92 Å². The molecule has 0 amide bonds. The minimum absolute atomic E-state index is 0.0496. The number of hydrogen-bond acceptors (Lipinski definition) is 6. The van der Waals surface area contributed by atoms with Crippen LogP contribution in [-0.2, 0) is 0 Å². The van der Waals surface area contributed by atoms with Crippen LogP contribution in [0.15, 0.2) is 10.6 Å². The van der Waals surface area contributed by atoms with Crippen molar-refractivity contribution in [1.82, 2.24) is 9.97 Å². The summed E-state index contributed by atoms with van der Waals surface area (Å²) in [7, 11) is 0. The first kappa shape index (κ1) is 8.72. The van der Waals surface area contributed by atoms with Crippen molar-refractivity contribution in [2.24, 2.45) is 0 Å². The smallest absolute Gasteiger partial charge is 0.241 e. The molecule has 5 nitrogen and oxygen atoms in total. The first-order valence-electron chi connectivity index (χ1n) is 3.80. The Morgan fingerprint density at radius 2 is 2.43 bits per heavy atom. The zero-order chi connectivity index (χ0) is 10.1. The van der Waals surface area contributed by atoms with E-state index in [0.29, 0.717) is 5.89 Å². The van der Waals surface area contributed by atoms with Crippen LogP contribution in [0.1, 0.15) is 10.7 Å². The number of oxazole rings is 1. The molecule has 2 aromatic heterocycles. The van der Waals surface area contributed by atoms with Gasteiger partial charge in [-0.15, -0.1) is 11.3 Å². The molecule has 0 spiro atoms. The molecule has 14 heavy (non-hydrogen) atoms. The van der Waals surface area contributed by atoms with Gasteiger partial charge in [-0.1, -0.05) is 0 Å². The average Bonchev–Trinajstić information content (AvgIpc) is 2.71. The molecular weight excluding hydrogens is 200 g/mol. The molecule has 0 unspecified atom stereocenters. The van der Waals surface area contributed by atoms with Crippen molar-refractivity contribution in [2.75, 3.05) is 5.73 Å².